The number of nitrogens with zero attached hydrogens (tertiary/aromatic N) is 1. The first kappa shape index (κ1) is 17.2. The molecule has 0 aliphatic carbocycles. The summed E-state index contributed by atoms with van der Waals surface area (Å²) in [5.74, 6) is 0.814. The van der Waals surface area contributed by atoms with Gasteiger partial charge in [0, 0.05) is 11.6 Å². The molecule has 0 bridgehead atoms. The molecule has 0 unspecified atom stereocenters. The van der Waals surface area contributed by atoms with Crippen LogP contribution in [-0.2, 0) is 23.9 Å². The predicted octanol–water partition coefficient (Wildman–Crippen LogP) is -2.38. The summed E-state index contributed by atoms with van der Waals surface area (Å²) in [6.45, 7) is 0.0578. The second-order valence-electron chi connectivity index (χ2n) is 5.63. The molecule has 0 aromatic carbocycles. The second-order valence-corrected chi connectivity index (χ2v) is 6.66. The third kappa shape index (κ3) is 3.88. The molecular formula is C12H18N4O7S. The van der Waals surface area contributed by atoms with Gasteiger partial charge < -0.3 is 24.9 Å². The van der Waals surface area contributed by atoms with Crippen LogP contribution in [0.2, 0.25) is 0 Å². The molecule has 3 aliphatic heterocycles. The van der Waals surface area contributed by atoms with Gasteiger partial charge in [0.05, 0.1) is 31.8 Å². The zero-order chi connectivity index (χ0) is 17.1. The van der Waals surface area contributed by atoms with Gasteiger partial charge in [0.15, 0.2) is 6.10 Å². The SMILES string of the molecule is O=C(CNC(=O)[C@@H]1CSCN1)N[C@H]1CO[C@H]2[C@@H]1OC[C@H]2O[N+](=O)[O-]. The maximum Gasteiger partial charge on any atom is 0.294 e. The van der Waals surface area contributed by atoms with Gasteiger partial charge >= 0.3 is 0 Å². The summed E-state index contributed by atoms with van der Waals surface area (Å²) in [5, 5.41) is 17.8. The van der Waals surface area contributed by atoms with Gasteiger partial charge in [-0.3, -0.25) is 14.9 Å². The number of carbonyl (C=O) groups is 2. The molecule has 134 valence electrons. The molecule has 0 aromatic heterocycles. The molecule has 3 rings (SSSR count). The van der Waals surface area contributed by atoms with Gasteiger partial charge in [0.25, 0.3) is 5.09 Å². The highest BCUT2D eigenvalue weighted by molar-refractivity contribution is 7.99. The standard InChI is InChI=1S/C12H18N4O7S/c17-9(1-13-12(18)7-4-24-5-14-7)15-6-2-21-11-8(23-16(19)20)3-22-10(6)11/h6-8,10-11,14H,1-5H2,(H,13,18)(H,15,17)/t6-,7-,8+,10+,11+/m0/s1. The lowest BCUT2D eigenvalue weighted by Crippen LogP contribution is -2.50. The zero-order valence-electron chi connectivity index (χ0n) is 12.6. The van der Waals surface area contributed by atoms with Crippen molar-refractivity contribution in [1.29, 1.82) is 0 Å². The molecule has 3 heterocycles. The van der Waals surface area contributed by atoms with Crippen molar-refractivity contribution in [3.63, 3.8) is 0 Å². The molecule has 2 amide bonds. The monoisotopic (exact) mass is 362 g/mol. The zero-order valence-corrected chi connectivity index (χ0v) is 13.5. The molecule has 5 atom stereocenters. The Bertz CT molecular complexity index is 516. The Labute approximate surface area is 141 Å². The van der Waals surface area contributed by atoms with Crippen LogP contribution in [0.3, 0.4) is 0 Å². The molecule has 0 radical (unpaired) electrons. The number of hydrogen-bond donors (Lipinski definition) is 3. The Hall–Kier alpha value is -1.63. The smallest absolute Gasteiger partial charge is 0.294 e. The number of amides is 2. The van der Waals surface area contributed by atoms with Gasteiger partial charge in [-0.25, -0.2) is 0 Å². The van der Waals surface area contributed by atoms with Crippen LogP contribution in [0.25, 0.3) is 0 Å². The van der Waals surface area contributed by atoms with Crippen LogP contribution in [0.1, 0.15) is 0 Å². The van der Waals surface area contributed by atoms with Gasteiger partial charge in [-0.15, -0.1) is 21.9 Å². The van der Waals surface area contributed by atoms with Gasteiger partial charge in [-0.2, -0.15) is 0 Å². The third-order valence-corrected chi connectivity index (χ3v) is 4.97. The predicted molar refractivity (Wildman–Crippen MR) is 80.5 cm³/mol. The van der Waals surface area contributed by atoms with Crippen LogP contribution in [-0.4, -0.2) is 78.7 Å². The molecule has 3 aliphatic rings. The summed E-state index contributed by atoms with van der Waals surface area (Å²) in [4.78, 5) is 38.7. The van der Waals surface area contributed by atoms with Crippen molar-refractivity contribution in [1.82, 2.24) is 16.0 Å². The normalized spacial score (nSPS) is 34.6. The van der Waals surface area contributed by atoms with Gasteiger partial charge in [-0.05, 0) is 0 Å². The highest BCUT2D eigenvalue weighted by atomic mass is 32.2. The summed E-state index contributed by atoms with van der Waals surface area (Å²) < 4.78 is 10.9. The minimum atomic E-state index is -0.878. The molecule has 0 aromatic rings. The maximum absolute atomic E-state index is 12.0. The number of hydrogen-bond acceptors (Lipinski definition) is 9. The van der Waals surface area contributed by atoms with Crippen LogP contribution in [0.15, 0.2) is 0 Å². The third-order valence-electron chi connectivity index (χ3n) is 4.03. The largest absolute Gasteiger partial charge is 0.371 e. The quantitative estimate of drug-likeness (QED) is 0.349. The summed E-state index contributed by atoms with van der Waals surface area (Å²) >= 11 is 1.62. The minimum absolute atomic E-state index is 0.0322. The molecule has 0 spiro atoms. The van der Waals surface area contributed by atoms with Crippen molar-refractivity contribution in [3.05, 3.63) is 10.1 Å². The molecular weight excluding hydrogens is 344 g/mol. The van der Waals surface area contributed by atoms with Gasteiger partial charge in [0.1, 0.15) is 12.2 Å². The maximum atomic E-state index is 12.0. The van der Waals surface area contributed by atoms with Crippen molar-refractivity contribution in [2.75, 3.05) is 31.4 Å². The summed E-state index contributed by atoms with van der Waals surface area (Å²) in [7, 11) is 0. The Morgan fingerprint density at radius 3 is 2.83 bits per heavy atom. The fraction of sp³-hybridized carbons (Fsp3) is 0.833. The van der Waals surface area contributed by atoms with E-state index in [1.165, 1.54) is 0 Å². The summed E-state index contributed by atoms with van der Waals surface area (Å²) in [6.07, 6.45) is -1.88. The van der Waals surface area contributed by atoms with Crippen molar-refractivity contribution in [2.24, 2.45) is 0 Å². The highest BCUT2D eigenvalue weighted by Gasteiger charge is 2.49. The van der Waals surface area contributed by atoms with Crippen molar-refractivity contribution >= 4 is 23.6 Å². The summed E-state index contributed by atoms with van der Waals surface area (Å²) in [6, 6.07) is -0.708. The van der Waals surface area contributed by atoms with Gasteiger partial charge in [-0.1, -0.05) is 0 Å². The van der Waals surface area contributed by atoms with Crippen LogP contribution < -0.4 is 16.0 Å². The van der Waals surface area contributed by atoms with Crippen molar-refractivity contribution < 1.29 is 29.0 Å². The Kier molecular flexibility index (Phi) is 5.38. The number of carbonyl (C=O) groups excluding carboxylic acids is 2. The van der Waals surface area contributed by atoms with Crippen molar-refractivity contribution in [3.8, 4) is 0 Å². The first-order chi connectivity index (χ1) is 11.5. The minimum Gasteiger partial charge on any atom is -0.371 e. The molecule has 11 nitrogen and oxygen atoms in total. The van der Waals surface area contributed by atoms with Crippen LogP contribution in [0, 0.1) is 10.1 Å². The Morgan fingerprint density at radius 1 is 1.33 bits per heavy atom. The van der Waals surface area contributed by atoms with Gasteiger partial charge in [0.2, 0.25) is 11.8 Å². The highest BCUT2D eigenvalue weighted by Crippen LogP contribution is 2.28. The van der Waals surface area contributed by atoms with E-state index in [2.05, 4.69) is 20.8 Å². The van der Waals surface area contributed by atoms with E-state index in [0.717, 1.165) is 5.88 Å². The fourth-order valence-corrected chi connectivity index (χ4v) is 3.84. The molecule has 0 saturated carbocycles. The van der Waals surface area contributed by atoms with E-state index in [9.17, 15) is 19.7 Å². The van der Waals surface area contributed by atoms with E-state index < -0.39 is 29.4 Å². The van der Waals surface area contributed by atoms with Crippen molar-refractivity contribution in [2.45, 2.75) is 30.4 Å². The summed E-state index contributed by atoms with van der Waals surface area (Å²) in [5.41, 5.74) is 0. The lowest BCUT2D eigenvalue weighted by molar-refractivity contribution is -0.769. The number of nitrogens with one attached hydrogen (secondary N) is 3. The van der Waals surface area contributed by atoms with E-state index in [4.69, 9.17) is 9.47 Å². The lowest BCUT2D eigenvalue weighted by atomic mass is 10.1. The molecule has 3 fully saturated rings. The molecule has 12 heteroatoms. The van der Waals surface area contributed by atoms with E-state index >= 15 is 0 Å². The Morgan fingerprint density at radius 2 is 2.12 bits per heavy atom. The topological polar surface area (TPSA) is 141 Å². The second kappa shape index (κ2) is 7.51. The number of ether oxygens (including phenoxy) is 2. The molecule has 24 heavy (non-hydrogen) atoms. The average Bonchev–Trinajstić information content (AvgIpc) is 3.25. The van der Waals surface area contributed by atoms with Crippen LogP contribution >= 0.6 is 11.8 Å². The average molecular weight is 362 g/mol. The fourth-order valence-electron chi connectivity index (χ4n) is 2.90. The van der Waals surface area contributed by atoms with E-state index in [1.807, 2.05) is 0 Å². The lowest BCUT2D eigenvalue weighted by Gasteiger charge is -2.18. The van der Waals surface area contributed by atoms with E-state index in [-0.39, 0.29) is 37.6 Å². The van der Waals surface area contributed by atoms with E-state index in [1.54, 1.807) is 11.8 Å². The first-order valence-corrected chi connectivity index (χ1v) is 8.62. The number of rotatable bonds is 6. The van der Waals surface area contributed by atoms with Crippen LogP contribution in [0.5, 0.6) is 0 Å². The molecule has 3 N–H and O–H groups in total. The molecule has 3 saturated heterocycles. The Balaban J connectivity index is 1.42. The number of fused-ring (bicyclic) bond motifs is 1. The van der Waals surface area contributed by atoms with Crippen LogP contribution in [0.4, 0.5) is 0 Å². The number of thioether (sulfide) groups is 1. The van der Waals surface area contributed by atoms with E-state index in [0.29, 0.717) is 5.75 Å². The first-order valence-electron chi connectivity index (χ1n) is 7.47.